The number of piperidine rings is 1. The molecule has 36 heavy (non-hydrogen) atoms. The number of carbonyl (C=O) groups is 2. The number of rotatable bonds is 7. The molecule has 7 nitrogen and oxygen atoms in total. The highest BCUT2D eigenvalue weighted by Crippen LogP contribution is 2.40. The molecule has 1 unspecified atom stereocenters. The van der Waals surface area contributed by atoms with Gasteiger partial charge >= 0.3 is 24.4 Å². The van der Waals surface area contributed by atoms with Crippen molar-refractivity contribution in [3.63, 3.8) is 0 Å². The Kier molecular flexibility index (Phi) is 8.31. The molecular weight excluding hydrogens is 496 g/mol. The molecule has 1 aromatic rings. The number of hydrogen-bond donors (Lipinski definition) is 2. The summed E-state index contributed by atoms with van der Waals surface area (Å²) in [5.74, 6) is -1.07. The second-order valence-electron chi connectivity index (χ2n) is 9.29. The highest BCUT2D eigenvalue weighted by Gasteiger charge is 2.45. The quantitative estimate of drug-likeness (QED) is 0.482. The zero-order valence-electron chi connectivity index (χ0n) is 19.7. The van der Waals surface area contributed by atoms with Gasteiger partial charge in [-0.2, -0.15) is 26.3 Å². The van der Waals surface area contributed by atoms with E-state index >= 15 is 0 Å². The average molecular weight is 525 g/mol. The summed E-state index contributed by atoms with van der Waals surface area (Å²) in [5.41, 5.74) is -0.643. The van der Waals surface area contributed by atoms with Gasteiger partial charge in [0, 0.05) is 37.4 Å². The van der Waals surface area contributed by atoms with Gasteiger partial charge in [0.1, 0.15) is 0 Å². The molecule has 2 fully saturated rings. The van der Waals surface area contributed by atoms with Crippen LogP contribution in [0.3, 0.4) is 0 Å². The maximum atomic E-state index is 13.5. The van der Waals surface area contributed by atoms with Crippen molar-refractivity contribution in [2.24, 2.45) is 0 Å². The van der Waals surface area contributed by atoms with E-state index in [4.69, 9.17) is 5.11 Å². The molecule has 0 aromatic heterocycles. The Labute approximate surface area is 204 Å². The Morgan fingerprint density at radius 2 is 1.75 bits per heavy atom. The Balaban J connectivity index is 1.69. The maximum absolute atomic E-state index is 13.5. The van der Waals surface area contributed by atoms with E-state index in [2.05, 4.69) is 15.0 Å². The number of carboxylic acids is 1. The fraction of sp³-hybridized carbons (Fsp3) is 0.652. The summed E-state index contributed by atoms with van der Waals surface area (Å²) in [7, 11) is 0. The standard InChI is InChI=1S/C23H29F6N3O4/c1-15(22(24,25)26)36-20(35)31-9-5-21(6-10-31)4-2-8-32(21)14-16-11-17(23(27,28)29)13-18(12-16)30-7-3-19(33)34/h11-13,15,30H,2-10,14H2,1H3,(H,33,34). The predicted octanol–water partition coefficient (Wildman–Crippen LogP) is 5.11. The molecule has 0 saturated carbocycles. The lowest BCUT2D eigenvalue weighted by atomic mass is 9.85. The third-order valence-corrected chi connectivity index (χ3v) is 6.79. The number of ether oxygens (including phenoxy) is 1. The van der Waals surface area contributed by atoms with E-state index in [1.165, 1.54) is 4.90 Å². The van der Waals surface area contributed by atoms with Gasteiger partial charge in [-0.3, -0.25) is 9.69 Å². The number of nitrogens with one attached hydrogen (secondary N) is 1. The Bertz CT molecular complexity index is 945. The molecule has 2 N–H and O–H groups in total. The van der Waals surface area contributed by atoms with Crippen LogP contribution in [-0.4, -0.2) is 71.0 Å². The highest BCUT2D eigenvalue weighted by molar-refractivity contribution is 5.68. The van der Waals surface area contributed by atoms with Crippen molar-refractivity contribution >= 4 is 17.7 Å². The Hall–Kier alpha value is -2.70. The molecular formula is C23H29F6N3O4. The van der Waals surface area contributed by atoms with Crippen molar-refractivity contribution < 1.29 is 45.8 Å². The lowest BCUT2D eigenvalue weighted by Crippen LogP contribution is -2.53. The minimum atomic E-state index is -4.65. The van der Waals surface area contributed by atoms with E-state index in [9.17, 15) is 35.9 Å². The van der Waals surface area contributed by atoms with Crippen LogP contribution in [0.25, 0.3) is 0 Å². The minimum absolute atomic E-state index is 0.0252. The molecule has 3 rings (SSSR count). The predicted molar refractivity (Wildman–Crippen MR) is 117 cm³/mol. The normalized spacial score (nSPS) is 19.4. The topological polar surface area (TPSA) is 82.1 Å². The van der Waals surface area contributed by atoms with Crippen LogP contribution in [0.1, 0.15) is 50.2 Å². The van der Waals surface area contributed by atoms with Crippen molar-refractivity contribution in [1.29, 1.82) is 0 Å². The average Bonchev–Trinajstić information content (AvgIpc) is 3.13. The third kappa shape index (κ3) is 6.95. The SMILES string of the molecule is CC(OC(=O)N1CCC2(CCCN2Cc2cc(NCCC(=O)O)cc(C(F)(F)F)c2)CC1)C(F)(F)F. The van der Waals surface area contributed by atoms with Gasteiger partial charge in [-0.05, 0) is 62.9 Å². The van der Waals surface area contributed by atoms with Crippen LogP contribution in [0.15, 0.2) is 18.2 Å². The summed E-state index contributed by atoms with van der Waals surface area (Å²) in [6.45, 7) is 1.96. The van der Waals surface area contributed by atoms with E-state index < -0.39 is 36.1 Å². The zero-order valence-corrected chi connectivity index (χ0v) is 19.7. The van der Waals surface area contributed by atoms with Crippen molar-refractivity contribution in [2.45, 2.75) is 69.6 Å². The first kappa shape index (κ1) is 27.9. The first-order valence-electron chi connectivity index (χ1n) is 11.6. The van der Waals surface area contributed by atoms with Crippen LogP contribution in [0.5, 0.6) is 0 Å². The van der Waals surface area contributed by atoms with Gasteiger partial charge in [0.2, 0.25) is 0 Å². The van der Waals surface area contributed by atoms with E-state index in [0.717, 1.165) is 31.9 Å². The molecule has 2 aliphatic heterocycles. The molecule has 1 aromatic carbocycles. The van der Waals surface area contributed by atoms with Crippen LogP contribution in [0.4, 0.5) is 36.8 Å². The van der Waals surface area contributed by atoms with Crippen LogP contribution < -0.4 is 5.32 Å². The third-order valence-electron chi connectivity index (χ3n) is 6.79. The summed E-state index contributed by atoms with van der Waals surface area (Å²) in [4.78, 5) is 26.2. The fourth-order valence-corrected chi connectivity index (χ4v) is 4.79. The molecule has 13 heteroatoms. The summed E-state index contributed by atoms with van der Waals surface area (Å²) < 4.78 is 83.1. The van der Waals surface area contributed by atoms with Gasteiger partial charge in [0.15, 0.2) is 6.10 Å². The van der Waals surface area contributed by atoms with Gasteiger partial charge in [-0.15, -0.1) is 0 Å². The lowest BCUT2D eigenvalue weighted by molar-refractivity contribution is -0.200. The number of halogens is 6. The minimum Gasteiger partial charge on any atom is -0.481 e. The number of likely N-dealkylation sites (tertiary alicyclic amines) is 2. The number of carbonyl (C=O) groups excluding carboxylic acids is 1. The summed E-state index contributed by atoms with van der Waals surface area (Å²) >= 11 is 0. The number of carboxylic acid groups (broad SMARTS) is 1. The van der Waals surface area contributed by atoms with Gasteiger partial charge in [-0.1, -0.05) is 0 Å². The smallest absolute Gasteiger partial charge is 0.425 e. The second-order valence-corrected chi connectivity index (χ2v) is 9.29. The van der Waals surface area contributed by atoms with Crippen LogP contribution >= 0.6 is 0 Å². The Morgan fingerprint density at radius 1 is 1.08 bits per heavy atom. The molecule has 1 amide bonds. The second kappa shape index (κ2) is 10.7. The summed E-state index contributed by atoms with van der Waals surface area (Å²) in [6.07, 6.45) is -10.2. The molecule has 0 bridgehead atoms. The lowest BCUT2D eigenvalue weighted by Gasteiger charge is -2.45. The monoisotopic (exact) mass is 525 g/mol. The van der Waals surface area contributed by atoms with Crippen LogP contribution in [0, 0.1) is 0 Å². The van der Waals surface area contributed by atoms with Crippen molar-refractivity contribution in [3.05, 3.63) is 29.3 Å². The zero-order chi connectivity index (χ0) is 26.7. The Morgan fingerprint density at radius 3 is 2.33 bits per heavy atom. The molecule has 1 spiro atoms. The van der Waals surface area contributed by atoms with Crippen molar-refractivity contribution in [3.8, 4) is 0 Å². The van der Waals surface area contributed by atoms with Crippen molar-refractivity contribution in [1.82, 2.24) is 9.80 Å². The van der Waals surface area contributed by atoms with Gasteiger partial charge in [0.25, 0.3) is 0 Å². The number of aliphatic carboxylic acids is 1. The molecule has 202 valence electrons. The highest BCUT2D eigenvalue weighted by atomic mass is 19.4. The molecule has 2 aliphatic rings. The first-order chi connectivity index (χ1) is 16.7. The fourth-order valence-electron chi connectivity index (χ4n) is 4.79. The molecule has 0 radical (unpaired) electrons. The van der Waals surface area contributed by atoms with E-state index in [1.807, 2.05) is 0 Å². The number of anilines is 1. The van der Waals surface area contributed by atoms with E-state index in [-0.39, 0.29) is 43.8 Å². The molecule has 2 heterocycles. The molecule has 2 saturated heterocycles. The van der Waals surface area contributed by atoms with Gasteiger partial charge in [0.05, 0.1) is 12.0 Å². The first-order valence-corrected chi connectivity index (χ1v) is 11.6. The van der Waals surface area contributed by atoms with Gasteiger partial charge < -0.3 is 20.1 Å². The van der Waals surface area contributed by atoms with Crippen LogP contribution in [0.2, 0.25) is 0 Å². The summed E-state index contributed by atoms with van der Waals surface area (Å²) in [6, 6.07) is 3.57. The van der Waals surface area contributed by atoms with Crippen LogP contribution in [-0.2, 0) is 22.3 Å². The van der Waals surface area contributed by atoms with E-state index in [1.54, 1.807) is 6.07 Å². The number of amides is 1. The van der Waals surface area contributed by atoms with Gasteiger partial charge in [-0.25, -0.2) is 4.79 Å². The van der Waals surface area contributed by atoms with Crippen molar-refractivity contribution in [2.75, 3.05) is 31.5 Å². The van der Waals surface area contributed by atoms with E-state index in [0.29, 0.717) is 24.9 Å². The number of alkyl halides is 6. The number of hydrogen-bond acceptors (Lipinski definition) is 5. The molecule has 0 aliphatic carbocycles. The number of nitrogens with zero attached hydrogens (tertiary/aromatic N) is 2. The molecule has 1 atom stereocenters. The number of benzene rings is 1. The largest absolute Gasteiger partial charge is 0.481 e. The maximum Gasteiger partial charge on any atom is 0.425 e. The summed E-state index contributed by atoms with van der Waals surface area (Å²) in [5, 5.41) is 11.5.